The molecule has 23 heavy (non-hydrogen) atoms. The molecule has 0 saturated heterocycles. The molecule has 0 bridgehead atoms. The van der Waals surface area contributed by atoms with Crippen LogP contribution >= 0.6 is 0 Å². The SMILES string of the molecule is COc1cc2c(c3oc(=O)c4c(c13)CC[C@@H]4O)[C@H]1C=CO[C@H]1O2. The Labute approximate surface area is 130 Å². The molecule has 3 heterocycles. The van der Waals surface area contributed by atoms with Gasteiger partial charge in [-0.25, -0.2) is 4.79 Å². The first-order chi connectivity index (χ1) is 11.2. The van der Waals surface area contributed by atoms with Crippen molar-refractivity contribution < 1.29 is 23.7 Å². The van der Waals surface area contributed by atoms with Crippen molar-refractivity contribution in [2.45, 2.75) is 31.2 Å². The predicted molar refractivity (Wildman–Crippen MR) is 79.7 cm³/mol. The van der Waals surface area contributed by atoms with Crippen LogP contribution in [0.25, 0.3) is 11.0 Å². The van der Waals surface area contributed by atoms with Gasteiger partial charge in [-0.3, -0.25) is 0 Å². The second-order valence-corrected chi connectivity index (χ2v) is 6.01. The fourth-order valence-electron chi connectivity index (χ4n) is 3.86. The van der Waals surface area contributed by atoms with Gasteiger partial charge in [-0.2, -0.15) is 0 Å². The van der Waals surface area contributed by atoms with Gasteiger partial charge < -0.3 is 23.7 Å². The van der Waals surface area contributed by atoms with Crippen molar-refractivity contribution >= 4 is 11.0 Å². The van der Waals surface area contributed by atoms with Crippen molar-refractivity contribution in [3.05, 3.63) is 45.5 Å². The smallest absolute Gasteiger partial charge is 0.342 e. The summed E-state index contributed by atoms with van der Waals surface area (Å²) in [5.41, 5.74) is 1.96. The lowest BCUT2D eigenvalue weighted by molar-refractivity contribution is -0.00485. The van der Waals surface area contributed by atoms with Gasteiger partial charge in [0.25, 0.3) is 6.29 Å². The molecule has 3 aliphatic rings. The molecular formula is C17H14O6. The normalized spacial score (nSPS) is 26.6. The maximum Gasteiger partial charge on any atom is 0.342 e. The van der Waals surface area contributed by atoms with Crippen molar-refractivity contribution in [2.24, 2.45) is 0 Å². The van der Waals surface area contributed by atoms with Crippen LogP contribution in [0.2, 0.25) is 0 Å². The highest BCUT2D eigenvalue weighted by atomic mass is 16.7. The first-order valence-corrected chi connectivity index (χ1v) is 7.56. The maximum absolute atomic E-state index is 12.4. The van der Waals surface area contributed by atoms with Gasteiger partial charge in [0, 0.05) is 6.07 Å². The summed E-state index contributed by atoms with van der Waals surface area (Å²) in [5, 5.41) is 10.8. The number of hydrogen-bond acceptors (Lipinski definition) is 6. The first-order valence-electron chi connectivity index (χ1n) is 7.56. The molecule has 0 spiro atoms. The Hall–Kier alpha value is -2.47. The number of aliphatic hydroxyl groups is 1. The lowest BCUT2D eigenvalue weighted by Crippen LogP contribution is -2.14. The summed E-state index contributed by atoms with van der Waals surface area (Å²) in [6, 6.07) is 1.80. The van der Waals surface area contributed by atoms with Crippen molar-refractivity contribution in [3.8, 4) is 11.5 Å². The van der Waals surface area contributed by atoms with E-state index in [0.29, 0.717) is 35.5 Å². The quantitative estimate of drug-likeness (QED) is 0.812. The molecule has 118 valence electrons. The molecule has 1 N–H and O–H groups in total. The predicted octanol–water partition coefficient (Wildman–Crippen LogP) is 2.13. The first kappa shape index (κ1) is 13.0. The summed E-state index contributed by atoms with van der Waals surface area (Å²) in [6.07, 6.45) is 3.43. The van der Waals surface area contributed by atoms with Crippen LogP contribution in [0.15, 0.2) is 27.6 Å². The van der Waals surface area contributed by atoms with Gasteiger partial charge in [0.2, 0.25) is 0 Å². The molecule has 1 aliphatic carbocycles. The van der Waals surface area contributed by atoms with E-state index in [1.807, 2.05) is 6.08 Å². The average Bonchev–Trinajstić information content (AvgIpc) is 3.20. The zero-order chi connectivity index (χ0) is 15.7. The summed E-state index contributed by atoms with van der Waals surface area (Å²) in [4.78, 5) is 12.4. The highest BCUT2D eigenvalue weighted by Crippen LogP contribution is 2.50. The molecule has 2 aliphatic heterocycles. The standard InChI is InChI=1S/C17H14O6/c1-20-10-6-11-14(8-4-5-21-17(8)22-11)15-13(10)7-2-3-9(18)12(7)16(19)23-15/h4-6,8-9,17-18H,2-3H2,1H3/t8-,9+,17+/m1/s1. The summed E-state index contributed by atoms with van der Waals surface area (Å²) in [5.74, 6) is 1.08. The van der Waals surface area contributed by atoms with Crippen LogP contribution in [0.1, 0.15) is 35.1 Å². The van der Waals surface area contributed by atoms with Gasteiger partial charge in [-0.15, -0.1) is 0 Å². The largest absolute Gasteiger partial charge is 0.496 e. The highest BCUT2D eigenvalue weighted by Gasteiger charge is 2.41. The topological polar surface area (TPSA) is 78.1 Å². The van der Waals surface area contributed by atoms with Gasteiger partial charge in [0.1, 0.15) is 17.1 Å². The van der Waals surface area contributed by atoms with E-state index in [9.17, 15) is 9.90 Å². The summed E-state index contributed by atoms with van der Waals surface area (Å²) >= 11 is 0. The van der Waals surface area contributed by atoms with Gasteiger partial charge in [0.15, 0.2) is 0 Å². The summed E-state index contributed by atoms with van der Waals surface area (Å²) < 4.78 is 22.3. The van der Waals surface area contributed by atoms with E-state index in [-0.39, 0.29) is 5.92 Å². The summed E-state index contributed by atoms with van der Waals surface area (Å²) in [6.45, 7) is 0. The van der Waals surface area contributed by atoms with Crippen LogP contribution < -0.4 is 15.1 Å². The molecule has 2 aromatic rings. The van der Waals surface area contributed by atoms with Gasteiger partial charge >= 0.3 is 5.63 Å². The number of fused-ring (bicyclic) bond motifs is 7. The van der Waals surface area contributed by atoms with Crippen LogP contribution in [-0.4, -0.2) is 18.5 Å². The molecule has 3 atom stereocenters. The fourth-order valence-corrected chi connectivity index (χ4v) is 3.86. The fraction of sp³-hybridized carbons (Fsp3) is 0.353. The van der Waals surface area contributed by atoms with Crippen LogP contribution in [0, 0.1) is 0 Å². The average molecular weight is 314 g/mol. The van der Waals surface area contributed by atoms with Crippen molar-refractivity contribution in [2.75, 3.05) is 7.11 Å². The van der Waals surface area contributed by atoms with E-state index in [1.165, 1.54) is 0 Å². The minimum atomic E-state index is -0.776. The van der Waals surface area contributed by atoms with E-state index in [1.54, 1.807) is 19.4 Å². The molecule has 6 heteroatoms. The lowest BCUT2D eigenvalue weighted by atomic mass is 9.95. The molecule has 0 fully saturated rings. The zero-order valence-corrected chi connectivity index (χ0v) is 12.4. The second-order valence-electron chi connectivity index (χ2n) is 6.01. The number of aryl methyl sites for hydroxylation is 1. The van der Waals surface area contributed by atoms with Gasteiger partial charge in [0.05, 0.1) is 41.9 Å². The van der Waals surface area contributed by atoms with E-state index < -0.39 is 18.0 Å². The maximum atomic E-state index is 12.4. The molecule has 0 radical (unpaired) electrons. The molecule has 6 nitrogen and oxygen atoms in total. The third-order valence-corrected chi connectivity index (χ3v) is 4.88. The minimum Gasteiger partial charge on any atom is -0.496 e. The minimum absolute atomic E-state index is 0.106. The van der Waals surface area contributed by atoms with E-state index in [0.717, 1.165) is 16.5 Å². The number of rotatable bonds is 1. The number of ether oxygens (including phenoxy) is 3. The second kappa shape index (κ2) is 4.29. The Morgan fingerprint density at radius 1 is 1.35 bits per heavy atom. The zero-order valence-electron chi connectivity index (χ0n) is 12.4. The molecule has 0 saturated carbocycles. The Kier molecular flexibility index (Phi) is 2.43. The number of methoxy groups -OCH3 is 1. The monoisotopic (exact) mass is 314 g/mol. The van der Waals surface area contributed by atoms with Crippen LogP contribution in [-0.2, 0) is 11.2 Å². The van der Waals surface area contributed by atoms with Crippen molar-refractivity contribution in [3.63, 3.8) is 0 Å². The third-order valence-electron chi connectivity index (χ3n) is 4.88. The molecular weight excluding hydrogens is 300 g/mol. The number of aliphatic hydroxyl groups excluding tert-OH is 1. The number of hydrogen-bond donors (Lipinski definition) is 1. The Balaban J connectivity index is 1.92. The van der Waals surface area contributed by atoms with Crippen molar-refractivity contribution in [1.29, 1.82) is 0 Å². The van der Waals surface area contributed by atoms with Gasteiger partial charge in [-0.05, 0) is 24.5 Å². The van der Waals surface area contributed by atoms with Crippen LogP contribution in [0.4, 0.5) is 0 Å². The highest BCUT2D eigenvalue weighted by molar-refractivity contribution is 5.93. The summed E-state index contributed by atoms with van der Waals surface area (Å²) in [7, 11) is 1.57. The van der Waals surface area contributed by atoms with Crippen LogP contribution in [0.3, 0.4) is 0 Å². The van der Waals surface area contributed by atoms with Crippen molar-refractivity contribution in [1.82, 2.24) is 0 Å². The Bertz CT molecular complexity index is 925. The van der Waals surface area contributed by atoms with E-state index in [2.05, 4.69) is 0 Å². The lowest BCUT2D eigenvalue weighted by Gasteiger charge is -2.13. The number of benzene rings is 1. The van der Waals surface area contributed by atoms with E-state index in [4.69, 9.17) is 18.6 Å². The molecule has 0 unspecified atom stereocenters. The van der Waals surface area contributed by atoms with Crippen LogP contribution in [0.5, 0.6) is 11.5 Å². The molecule has 0 amide bonds. The Morgan fingerprint density at radius 2 is 2.22 bits per heavy atom. The molecule has 1 aromatic carbocycles. The third kappa shape index (κ3) is 1.53. The molecule has 5 rings (SSSR count). The molecule has 1 aromatic heterocycles. The van der Waals surface area contributed by atoms with E-state index >= 15 is 0 Å². The Morgan fingerprint density at radius 3 is 3.04 bits per heavy atom. The van der Waals surface area contributed by atoms with Gasteiger partial charge in [-0.1, -0.05) is 0 Å².